The molecule has 0 radical (unpaired) electrons. The van der Waals surface area contributed by atoms with Crippen LogP contribution in [0.1, 0.15) is 48.1 Å². The van der Waals surface area contributed by atoms with E-state index in [4.69, 9.17) is 0 Å². The molecule has 1 N–H and O–H groups in total. The van der Waals surface area contributed by atoms with E-state index in [0.29, 0.717) is 23.8 Å². The number of pyridine rings is 1. The fourth-order valence-electron chi connectivity index (χ4n) is 2.90. The molecule has 3 aromatic rings. The van der Waals surface area contributed by atoms with Gasteiger partial charge in [0.1, 0.15) is 5.82 Å². The molecular formula is C19H24N6O. The maximum atomic E-state index is 12.4. The van der Waals surface area contributed by atoms with Crippen LogP contribution in [0.2, 0.25) is 0 Å². The molecule has 26 heavy (non-hydrogen) atoms. The van der Waals surface area contributed by atoms with Gasteiger partial charge in [0.15, 0.2) is 5.82 Å². The zero-order valence-electron chi connectivity index (χ0n) is 15.4. The molecular weight excluding hydrogens is 328 g/mol. The lowest BCUT2D eigenvalue weighted by atomic mass is 10.2. The lowest BCUT2D eigenvalue weighted by molar-refractivity contribution is 0.0952. The number of amides is 1. The molecule has 0 spiro atoms. The van der Waals surface area contributed by atoms with Crippen molar-refractivity contribution in [1.82, 2.24) is 29.6 Å². The third-order valence-corrected chi connectivity index (χ3v) is 4.25. The summed E-state index contributed by atoms with van der Waals surface area (Å²) >= 11 is 0. The molecule has 0 aliphatic carbocycles. The number of aryl methyl sites for hydroxylation is 1. The smallest absolute Gasteiger partial charge is 0.254 e. The van der Waals surface area contributed by atoms with E-state index in [1.54, 1.807) is 17.1 Å². The summed E-state index contributed by atoms with van der Waals surface area (Å²) < 4.78 is 3.82. The van der Waals surface area contributed by atoms with Gasteiger partial charge < -0.3 is 9.88 Å². The summed E-state index contributed by atoms with van der Waals surface area (Å²) in [6, 6.07) is 5.60. The zero-order valence-corrected chi connectivity index (χ0v) is 15.4. The Morgan fingerprint density at radius 1 is 1.23 bits per heavy atom. The van der Waals surface area contributed by atoms with E-state index in [0.717, 1.165) is 24.5 Å². The molecule has 0 unspecified atom stereocenters. The molecule has 0 atom stereocenters. The van der Waals surface area contributed by atoms with E-state index < -0.39 is 0 Å². The van der Waals surface area contributed by atoms with Gasteiger partial charge in [-0.2, -0.15) is 5.10 Å². The number of hydrogen-bond donors (Lipinski definition) is 1. The summed E-state index contributed by atoms with van der Waals surface area (Å²) in [5.41, 5.74) is 1.35. The predicted molar refractivity (Wildman–Crippen MR) is 99.4 cm³/mol. The molecule has 0 aliphatic rings. The molecule has 7 heteroatoms. The van der Waals surface area contributed by atoms with Crippen LogP contribution in [0.25, 0.3) is 5.82 Å². The third-order valence-electron chi connectivity index (χ3n) is 4.25. The molecule has 1 amide bonds. The lowest BCUT2D eigenvalue weighted by Crippen LogP contribution is -2.26. The van der Waals surface area contributed by atoms with Crippen molar-refractivity contribution in [2.24, 2.45) is 0 Å². The number of hydrogen-bond acceptors (Lipinski definition) is 4. The lowest BCUT2D eigenvalue weighted by Gasteiger charge is -2.10. The first-order chi connectivity index (χ1) is 12.6. The van der Waals surface area contributed by atoms with Crippen LogP contribution in [0.5, 0.6) is 0 Å². The Hall–Kier alpha value is -2.96. The first-order valence-corrected chi connectivity index (χ1v) is 8.83. The van der Waals surface area contributed by atoms with Crippen molar-refractivity contribution in [1.29, 1.82) is 0 Å². The molecule has 7 nitrogen and oxygen atoms in total. The highest BCUT2D eigenvalue weighted by atomic mass is 16.1. The average Bonchev–Trinajstić information content (AvgIpc) is 3.26. The Bertz CT molecular complexity index is 865. The van der Waals surface area contributed by atoms with Gasteiger partial charge in [-0.3, -0.25) is 4.79 Å². The SMILES string of the molecule is Cc1c(C(=O)NCCCn2ccnc2C(C)C)cnn1-c1ccccn1. The zero-order chi connectivity index (χ0) is 18.5. The number of imidazole rings is 1. The summed E-state index contributed by atoms with van der Waals surface area (Å²) in [4.78, 5) is 21.1. The van der Waals surface area contributed by atoms with Crippen molar-refractivity contribution >= 4 is 5.91 Å². The third kappa shape index (κ3) is 3.82. The Morgan fingerprint density at radius 2 is 2.08 bits per heavy atom. The highest BCUT2D eigenvalue weighted by Crippen LogP contribution is 2.13. The maximum Gasteiger partial charge on any atom is 0.254 e. The van der Waals surface area contributed by atoms with Gasteiger partial charge in [0.2, 0.25) is 0 Å². The van der Waals surface area contributed by atoms with Crippen LogP contribution in [0.3, 0.4) is 0 Å². The highest BCUT2D eigenvalue weighted by molar-refractivity contribution is 5.95. The highest BCUT2D eigenvalue weighted by Gasteiger charge is 2.15. The molecule has 3 aromatic heterocycles. The molecule has 0 saturated carbocycles. The van der Waals surface area contributed by atoms with Crippen molar-refractivity contribution in [2.45, 2.75) is 39.7 Å². The van der Waals surface area contributed by atoms with E-state index in [2.05, 4.69) is 38.8 Å². The molecule has 0 aliphatic heterocycles. The Morgan fingerprint density at radius 3 is 2.81 bits per heavy atom. The summed E-state index contributed by atoms with van der Waals surface area (Å²) in [6.07, 6.45) is 7.94. The molecule has 3 heterocycles. The quantitative estimate of drug-likeness (QED) is 0.663. The van der Waals surface area contributed by atoms with Gasteiger partial charge in [-0.25, -0.2) is 14.6 Å². The van der Waals surface area contributed by atoms with Crippen molar-refractivity contribution in [2.75, 3.05) is 6.54 Å². The van der Waals surface area contributed by atoms with Gasteiger partial charge in [0, 0.05) is 37.6 Å². The van der Waals surface area contributed by atoms with Crippen LogP contribution in [-0.2, 0) is 6.54 Å². The van der Waals surface area contributed by atoms with Gasteiger partial charge in [-0.05, 0) is 25.5 Å². The van der Waals surface area contributed by atoms with Crippen molar-refractivity contribution < 1.29 is 4.79 Å². The number of nitrogens with zero attached hydrogens (tertiary/aromatic N) is 5. The monoisotopic (exact) mass is 352 g/mol. The second-order valence-corrected chi connectivity index (χ2v) is 6.49. The fraction of sp³-hybridized carbons (Fsp3) is 0.368. The second-order valence-electron chi connectivity index (χ2n) is 6.49. The summed E-state index contributed by atoms with van der Waals surface area (Å²) in [5.74, 6) is 2.05. The van der Waals surface area contributed by atoms with Gasteiger partial charge in [-0.1, -0.05) is 19.9 Å². The van der Waals surface area contributed by atoms with Crippen molar-refractivity contribution in [3.63, 3.8) is 0 Å². The minimum atomic E-state index is -0.112. The minimum Gasteiger partial charge on any atom is -0.352 e. The summed E-state index contributed by atoms with van der Waals surface area (Å²) in [6.45, 7) is 7.56. The molecule has 136 valence electrons. The number of carbonyl (C=O) groups excluding carboxylic acids is 1. The molecule has 0 bridgehead atoms. The molecule has 0 fully saturated rings. The van der Waals surface area contributed by atoms with Crippen LogP contribution < -0.4 is 5.32 Å². The van der Waals surface area contributed by atoms with Crippen LogP contribution in [-0.4, -0.2) is 36.8 Å². The largest absolute Gasteiger partial charge is 0.352 e. The van der Waals surface area contributed by atoms with E-state index in [-0.39, 0.29) is 5.91 Å². The van der Waals surface area contributed by atoms with E-state index >= 15 is 0 Å². The number of aromatic nitrogens is 5. The Balaban J connectivity index is 1.56. The van der Waals surface area contributed by atoms with Crippen molar-refractivity contribution in [3.05, 3.63) is 60.1 Å². The van der Waals surface area contributed by atoms with Gasteiger partial charge in [0.05, 0.1) is 17.5 Å². The maximum absolute atomic E-state index is 12.4. The molecule has 0 saturated heterocycles. The minimum absolute atomic E-state index is 0.112. The van der Waals surface area contributed by atoms with Gasteiger partial charge >= 0.3 is 0 Å². The number of carbonyl (C=O) groups is 1. The van der Waals surface area contributed by atoms with E-state index in [1.165, 1.54) is 0 Å². The number of nitrogens with one attached hydrogen (secondary N) is 1. The van der Waals surface area contributed by atoms with Gasteiger partial charge in [-0.15, -0.1) is 0 Å². The predicted octanol–water partition coefficient (Wildman–Crippen LogP) is 2.72. The second kappa shape index (κ2) is 7.95. The topological polar surface area (TPSA) is 77.6 Å². The Kier molecular flexibility index (Phi) is 5.46. The van der Waals surface area contributed by atoms with Crippen LogP contribution in [0.15, 0.2) is 43.0 Å². The summed E-state index contributed by atoms with van der Waals surface area (Å²) in [7, 11) is 0. The molecule has 0 aromatic carbocycles. The standard InChI is InChI=1S/C19H24N6O/c1-14(2)18-21-10-12-24(18)11-6-9-22-19(26)16-13-23-25(15(16)3)17-7-4-5-8-20-17/h4-5,7-8,10,12-14H,6,9,11H2,1-3H3,(H,22,26). The Labute approximate surface area is 153 Å². The first-order valence-electron chi connectivity index (χ1n) is 8.83. The van der Waals surface area contributed by atoms with Crippen LogP contribution >= 0.6 is 0 Å². The van der Waals surface area contributed by atoms with Crippen molar-refractivity contribution in [3.8, 4) is 5.82 Å². The van der Waals surface area contributed by atoms with E-state index in [9.17, 15) is 4.79 Å². The first kappa shape index (κ1) is 17.8. The van der Waals surface area contributed by atoms with Crippen LogP contribution in [0, 0.1) is 6.92 Å². The van der Waals surface area contributed by atoms with Gasteiger partial charge in [0.25, 0.3) is 5.91 Å². The summed E-state index contributed by atoms with van der Waals surface area (Å²) in [5, 5.41) is 7.26. The average molecular weight is 352 g/mol. The fourth-order valence-corrected chi connectivity index (χ4v) is 2.90. The molecule has 3 rings (SSSR count). The normalized spacial score (nSPS) is 11.1. The number of rotatable bonds is 7. The van der Waals surface area contributed by atoms with E-state index in [1.807, 2.05) is 37.5 Å². The van der Waals surface area contributed by atoms with Crippen LogP contribution in [0.4, 0.5) is 0 Å².